The van der Waals surface area contributed by atoms with E-state index in [1.807, 2.05) is 29.6 Å². The van der Waals surface area contributed by atoms with Crippen molar-refractivity contribution < 1.29 is 4.74 Å². The van der Waals surface area contributed by atoms with E-state index in [1.165, 1.54) is 11.3 Å². The van der Waals surface area contributed by atoms with Crippen LogP contribution in [-0.4, -0.2) is 23.3 Å². The Labute approximate surface area is 160 Å². The van der Waals surface area contributed by atoms with Crippen LogP contribution in [0.4, 0.5) is 0 Å². The molecule has 0 saturated heterocycles. The van der Waals surface area contributed by atoms with E-state index in [9.17, 15) is 4.79 Å². The fraction of sp³-hybridized carbons (Fsp3) is 0.316. The number of halogens is 1. The number of hydrogen-bond acceptors (Lipinski definition) is 5. The van der Waals surface area contributed by atoms with E-state index in [4.69, 9.17) is 26.6 Å². The van der Waals surface area contributed by atoms with Crippen molar-refractivity contribution in [2.45, 2.75) is 25.8 Å². The Kier molecular flexibility index (Phi) is 6.04. The van der Waals surface area contributed by atoms with Crippen LogP contribution in [-0.2, 0) is 17.7 Å². The smallest absolute Gasteiger partial charge is 0.262 e. The summed E-state index contributed by atoms with van der Waals surface area (Å²) in [5, 5.41) is 12.0. The maximum absolute atomic E-state index is 13.2. The minimum atomic E-state index is -0.0646. The molecule has 0 aliphatic heterocycles. The van der Waals surface area contributed by atoms with Gasteiger partial charge >= 0.3 is 0 Å². The van der Waals surface area contributed by atoms with Crippen molar-refractivity contribution >= 4 is 33.2 Å². The first-order chi connectivity index (χ1) is 12.7. The summed E-state index contributed by atoms with van der Waals surface area (Å²) in [5.74, 6) is 0.701. The average molecular weight is 388 g/mol. The second-order valence-electron chi connectivity index (χ2n) is 5.83. The van der Waals surface area contributed by atoms with Gasteiger partial charge in [-0.15, -0.1) is 11.3 Å². The van der Waals surface area contributed by atoms with Crippen molar-refractivity contribution in [1.29, 1.82) is 5.26 Å². The van der Waals surface area contributed by atoms with E-state index in [2.05, 4.69) is 6.07 Å². The number of methoxy groups -OCH3 is 1. The third-order valence-electron chi connectivity index (χ3n) is 4.13. The van der Waals surface area contributed by atoms with Crippen LogP contribution in [0.3, 0.4) is 0 Å². The lowest BCUT2D eigenvalue weighted by atomic mass is 10.1. The van der Waals surface area contributed by atoms with E-state index in [1.54, 1.807) is 11.7 Å². The van der Waals surface area contributed by atoms with Crippen molar-refractivity contribution in [3.05, 3.63) is 50.8 Å². The molecule has 0 aliphatic carbocycles. The number of ether oxygens (including phenoxy) is 1. The van der Waals surface area contributed by atoms with Gasteiger partial charge in [0.05, 0.1) is 18.1 Å². The van der Waals surface area contributed by atoms with E-state index in [-0.39, 0.29) is 5.56 Å². The van der Waals surface area contributed by atoms with Crippen molar-refractivity contribution in [2.75, 3.05) is 13.7 Å². The number of benzene rings is 1. The van der Waals surface area contributed by atoms with Crippen LogP contribution in [0.5, 0.6) is 0 Å². The first-order valence-electron chi connectivity index (χ1n) is 8.28. The Morgan fingerprint density at radius 3 is 2.81 bits per heavy atom. The number of rotatable bonds is 7. The molecule has 1 aromatic carbocycles. The predicted molar refractivity (Wildman–Crippen MR) is 105 cm³/mol. The molecule has 0 amide bonds. The van der Waals surface area contributed by atoms with Gasteiger partial charge in [0, 0.05) is 42.5 Å². The van der Waals surface area contributed by atoms with Gasteiger partial charge in [0.15, 0.2) is 0 Å². The minimum Gasteiger partial charge on any atom is -0.384 e. The quantitative estimate of drug-likeness (QED) is 0.567. The molecule has 134 valence electrons. The Hall–Kier alpha value is -2.20. The average Bonchev–Trinajstić information content (AvgIpc) is 3.07. The van der Waals surface area contributed by atoms with Gasteiger partial charge < -0.3 is 4.74 Å². The number of fused-ring (bicyclic) bond motifs is 1. The van der Waals surface area contributed by atoms with E-state index < -0.39 is 0 Å². The molecule has 0 bridgehead atoms. The molecule has 0 N–H and O–H groups in total. The zero-order valence-corrected chi connectivity index (χ0v) is 15.9. The van der Waals surface area contributed by atoms with Crippen molar-refractivity contribution in [3.8, 4) is 17.2 Å². The molecule has 3 aromatic rings. The molecular formula is C19H18ClN3O2S. The number of aromatic nitrogens is 2. The molecule has 26 heavy (non-hydrogen) atoms. The van der Waals surface area contributed by atoms with Crippen LogP contribution in [0, 0.1) is 11.3 Å². The third kappa shape index (κ3) is 3.80. The lowest BCUT2D eigenvalue weighted by Gasteiger charge is -2.12. The fourth-order valence-corrected chi connectivity index (χ4v) is 3.92. The molecule has 0 radical (unpaired) electrons. The summed E-state index contributed by atoms with van der Waals surface area (Å²) in [7, 11) is 1.63. The van der Waals surface area contributed by atoms with Gasteiger partial charge in [0.1, 0.15) is 10.7 Å². The van der Waals surface area contributed by atoms with E-state index in [0.29, 0.717) is 48.6 Å². The monoisotopic (exact) mass is 387 g/mol. The lowest BCUT2D eigenvalue weighted by Crippen LogP contribution is -2.26. The molecule has 2 heterocycles. The third-order valence-corrected chi connectivity index (χ3v) is 5.25. The fourth-order valence-electron chi connectivity index (χ4n) is 2.84. The van der Waals surface area contributed by atoms with Gasteiger partial charge in [-0.2, -0.15) is 5.26 Å². The van der Waals surface area contributed by atoms with Gasteiger partial charge in [-0.05, 0) is 24.1 Å². The maximum Gasteiger partial charge on any atom is 0.262 e. The number of nitriles is 1. The van der Waals surface area contributed by atoms with Crippen molar-refractivity contribution in [1.82, 2.24) is 9.55 Å². The Balaban J connectivity index is 2.13. The van der Waals surface area contributed by atoms with Crippen molar-refractivity contribution in [3.63, 3.8) is 0 Å². The normalized spacial score (nSPS) is 11.0. The van der Waals surface area contributed by atoms with E-state index in [0.717, 1.165) is 16.0 Å². The van der Waals surface area contributed by atoms with Crippen LogP contribution in [0.25, 0.3) is 21.3 Å². The summed E-state index contributed by atoms with van der Waals surface area (Å²) in [6, 6.07) is 9.56. The summed E-state index contributed by atoms with van der Waals surface area (Å²) < 4.78 is 6.83. The molecule has 2 aromatic heterocycles. The first-order valence-corrected chi connectivity index (χ1v) is 9.54. The van der Waals surface area contributed by atoms with Gasteiger partial charge in [0.2, 0.25) is 0 Å². The number of hydrogen-bond donors (Lipinski definition) is 0. The molecule has 0 aliphatic rings. The van der Waals surface area contributed by atoms with Gasteiger partial charge in [-0.25, -0.2) is 4.98 Å². The summed E-state index contributed by atoms with van der Waals surface area (Å²) >= 11 is 7.44. The summed E-state index contributed by atoms with van der Waals surface area (Å²) in [6.45, 7) is 0.968. The van der Waals surface area contributed by atoms with E-state index >= 15 is 0 Å². The van der Waals surface area contributed by atoms with Crippen LogP contribution in [0.1, 0.15) is 18.7 Å². The highest BCUT2D eigenvalue weighted by molar-refractivity contribution is 7.17. The summed E-state index contributed by atoms with van der Waals surface area (Å²) in [6.07, 6.45) is 1.58. The van der Waals surface area contributed by atoms with Crippen LogP contribution < -0.4 is 5.56 Å². The minimum absolute atomic E-state index is 0.0646. The Morgan fingerprint density at radius 2 is 2.12 bits per heavy atom. The molecule has 0 saturated carbocycles. The zero-order chi connectivity index (χ0) is 18.5. The summed E-state index contributed by atoms with van der Waals surface area (Å²) in [4.78, 5) is 18.6. The molecule has 7 heteroatoms. The standard InChI is InChI=1S/C19H18ClN3O2S/c1-25-11-8-16-22-18-17(19(24)23(16)10-3-2-9-21)15(12-26-18)13-4-6-14(20)7-5-13/h4-7,12H,2-3,8,10-11H2,1H3. The highest BCUT2D eigenvalue weighted by atomic mass is 35.5. The molecule has 5 nitrogen and oxygen atoms in total. The Bertz CT molecular complexity index is 1000. The van der Waals surface area contributed by atoms with Gasteiger partial charge in [-0.1, -0.05) is 23.7 Å². The molecule has 0 unspecified atom stereocenters. The van der Waals surface area contributed by atoms with Gasteiger partial charge in [0.25, 0.3) is 5.56 Å². The van der Waals surface area contributed by atoms with Crippen molar-refractivity contribution in [2.24, 2.45) is 0 Å². The van der Waals surface area contributed by atoms with Crippen LogP contribution in [0.15, 0.2) is 34.4 Å². The second-order valence-corrected chi connectivity index (χ2v) is 7.12. The second kappa shape index (κ2) is 8.45. The number of nitrogens with zero attached hydrogens (tertiary/aromatic N) is 3. The molecule has 0 spiro atoms. The SMILES string of the molecule is COCCc1nc2scc(-c3ccc(Cl)cc3)c2c(=O)n1CCCC#N. The molecular weight excluding hydrogens is 370 g/mol. The first kappa shape index (κ1) is 18.6. The maximum atomic E-state index is 13.2. The highest BCUT2D eigenvalue weighted by Crippen LogP contribution is 2.31. The van der Waals surface area contributed by atoms with Crippen LogP contribution in [0.2, 0.25) is 5.02 Å². The predicted octanol–water partition coefficient (Wildman–Crippen LogP) is 4.27. The zero-order valence-electron chi connectivity index (χ0n) is 14.4. The largest absolute Gasteiger partial charge is 0.384 e. The number of unbranched alkanes of at least 4 members (excludes halogenated alkanes) is 1. The lowest BCUT2D eigenvalue weighted by molar-refractivity contribution is 0.199. The van der Waals surface area contributed by atoms with Crippen LogP contribution >= 0.6 is 22.9 Å². The molecule has 0 atom stereocenters. The molecule has 0 fully saturated rings. The molecule has 3 rings (SSSR count). The Morgan fingerprint density at radius 1 is 1.35 bits per heavy atom. The number of thiophene rings is 1. The highest BCUT2D eigenvalue weighted by Gasteiger charge is 2.17. The topological polar surface area (TPSA) is 67.9 Å². The van der Waals surface area contributed by atoms with Gasteiger partial charge in [-0.3, -0.25) is 9.36 Å². The summed E-state index contributed by atoms with van der Waals surface area (Å²) in [5.41, 5.74) is 1.74.